The van der Waals surface area contributed by atoms with Crippen LogP contribution in [0.4, 0.5) is 0 Å². The first-order chi connectivity index (χ1) is 5.86. The zero-order valence-corrected chi connectivity index (χ0v) is 7.03. The number of rotatable bonds is 5. The molecule has 1 rings (SSSR count). The molecule has 0 atom stereocenters. The van der Waals surface area contributed by atoms with Crippen molar-refractivity contribution in [2.24, 2.45) is 0 Å². The van der Waals surface area contributed by atoms with Crippen LogP contribution in [0.2, 0.25) is 0 Å². The normalized spacial score (nSPS) is 9.75. The molecule has 1 aromatic heterocycles. The molecule has 0 unspecified atom stereocenters. The number of aromatic nitrogens is 3. The van der Waals surface area contributed by atoms with Gasteiger partial charge in [-0.05, 0) is 6.42 Å². The average Bonchev–Trinajstić information content (AvgIpc) is 2.50. The lowest BCUT2D eigenvalue weighted by Crippen LogP contribution is -2.12. The standard InChI is InChI=1S/C7H12N4O/c1-2-3-4-7-8-5-11(10-7)9-6-12/h5-6H,2-4H2,1H3,(H,9,12). The molecule has 12 heavy (non-hydrogen) atoms. The molecule has 0 aliphatic carbocycles. The Bertz CT molecular complexity index is 245. The third-order valence-corrected chi connectivity index (χ3v) is 1.48. The van der Waals surface area contributed by atoms with E-state index >= 15 is 0 Å². The highest BCUT2D eigenvalue weighted by molar-refractivity contribution is 5.55. The van der Waals surface area contributed by atoms with Gasteiger partial charge in [0.2, 0.25) is 6.41 Å². The number of carbonyl (C=O) groups is 1. The highest BCUT2D eigenvalue weighted by atomic mass is 16.1. The first-order valence-corrected chi connectivity index (χ1v) is 3.97. The van der Waals surface area contributed by atoms with E-state index in [-0.39, 0.29) is 0 Å². The van der Waals surface area contributed by atoms with Crippen molar-refractivity contribution in [1.29, 1.82) is 0 Å². The van der Waals surface area contributed by atoms with Gasteiger partial charge in [0.05, 0.1) is 0 Å². The van der Waals surface area contributed by atoms with E-state index in [1.54, 1.807) is 0 Å². The Balaban J connectivity index is 2.46. The second-order valence-electron chi connectivity index (χ2n) is 2.46. The molecule has 0 aliphatic heterocycles. The van der Waals surface area contributed by atoms with Crippen LogP contribution in [-0.4, -0.2) is 21.3 Å². The van der Waals surface area contributed by atoms with Gasteiger partial charge in [0.15, 0.2) is 5.82 Å². The van der Waals surface area contributed by atoms with E-state index in [9.17, 15) is 4.79 Å². The fourth-order valence-electron chi connectivity index (χ4n) is 0.863. The van der Waals surface area contributed by atoms with Crippen LogP contribution in [-0.2, 0) is 11.2 Å². The van der Waals surface area contributed by atoms with Crippen LogP contribution in [0.15, 0.2) is 6.33 Å². The molecule has 1 aromatic rings. The first kappa shape index (κ1) is 8.70. The maximum Gasteiger partial charge on any atom is 0.227 e. The number of unbranched alkanes of at least 4 members (excludes halogenated alkanes) is 1. The van der Waals surface area contributed by atoms with E-state index in [1.807, 2.05) is 0 Å². The third-order valence-electron chi connectivity index (χ3n) is 1.48. The summed E-state index contributed by atoms with van der Waals surface area (Å²) in [6.07, 6.45) is 5.11. The SMILES string of the molecule is CCCCc1ncn(NC=O)n1. The van der Waals surface area contributed by atoms with E-state index < -0.39 is 0 Å². The quantitative estimate of drug-likeness (QED) is 0.644. The highest BCUT2D eigenvalue weighted by Crippen LogP contribution is 1.96. The van der Waals surface area contributed by atoms with Crippen molar-refractivity contribution in [2.45, 2.75) is 26.2 Å². The van der Waals surface area contributed by atoms with Crippen LogP contribution in [0.1, 0.15) is 25.6 Å². The summed E-state index contributed by atoms with van der Waals surface area (Å²) in [6.45, 7) is 2.11. The minimum atomic E-state index is 0.568. The van der Waals surface area contributed by atoms with Gasteiger partial charge in [-0.2, -0.15) is 4.79 Å². The van der Waals surface area contributed by atoms with Gasteiger partial charge in [-0.1, -0.05) is 13.3 Å². The monoisotopic (exact) mass is 168 g/mol. The molecule has 0 bridgehead atoms. The van der Waals surface area contributed by atoms with Gasteiger partial charge >= 0.3 is 0 Å². The number of aryl methyl sites for hydroxylation is 1. The van der Waals surface area contributed by atoms with Crippen LogP contribution in [0.5, 0.6) is 0 Å². The summed E-state index contributed by atoms with van der Waals surface area (Å²) < 4.78 is 0. The molecule has 0 aliphatic rings. The van der Waals surface area contributed by atoms with Crippen molar-refractivity contribution in [2.75, 3.05) is 5.43 Å². The van der Waals surface area contributed by atoms with Gasteiger partial charge in [-0.3, -0.25) is 4.79 Å². The van der Waals surface area contributed by atoms with E-state index in [2.05, 4.69) is 22.4 Å². The first-order valence-electron chi connectivity index (χ1n) is 3.97. The molecule has 1 N–H and O–H groups in total. The lowest BCUT2D eigenvalue weighted by Gasteiger charge is -1.93. The second kappa shape index (κ2) is 4.48. The van der Waals surface area contributed by atoms with E-state index in [0.29, 0.717) is 6.41 Å². The summed E-state index contributed by atoms with van der Waals surface area (Å²) in [5.41, 5.74) is 2.37. The molecular formula is C7H12N4O. The molecule has 0 saturated heterocycles. The van der Waals surface area contributed by atoms with E-state index in [0.717, 1.165) is 25.1 Å². The Labute approximate surface area is 70.8 Å². The predicted molar refractivity (Wildman–Crippen MR) is 44.1 cm³/mol. The smallest absolute Gasteiger partial charge is 0.227 e. The minimum Gasteiger partial charge on any atom is -0.277 e. The number of hydrogen-bond acceptors (Lipinski definition) is 3. The largest absolute Gasteiger partial charge is 0.277 e. The van der Waals surface area contributed by atoms with Crippen LogP contribution in [0.25, 0.3) is 0 Å². The third kappa shape index (κ3) is 2.34. The molecule has 0 saturated carbocycles. The molecular weight excluding hydrogens is 156 g/mol. The zero-order chi connectivity index (χ0) is 8.81. The van der Waals surface area contributed by atoms with Crippen LogP contribution in [0, 0.1) is 0 Å². The van der Waals surface area contributed by atoms with Crippen molar-refractivity contribution in [3.8, 4) is 0 Å². The van der Waals surface area contributed by atoms with Crippen LogP contribution in [0.3, 0.4) is 0 Å². The number of amides is 1. The Hall–Kier alpha value is -1.39. The second-order valence-corrected chi connectivity index (χ2v) is 2.46. The van der Waals surface area contributed by atoms with Gasteiger partial charge < -0.3 is 0 Å². The molecule has 1 amide bonds. The fourth-order valence-corrected chi connectivity index (χ4v) is 0.863. The van der Waals surface area contributed by atoms with Gasteiger partial charge in [0.25, 0.3) is 0 Å². The highest BCUT2D eigenvalue weighted by Gasteiger charge is 1.97. The summed E-state index contributed by atoms with van der Waals surface area (Å²) in [7, 11) is 0. The number of nitrogens with zero attached hydrogens (tertiary/aromatic N) is 3. The average molecular weight is 168 g/mol. The molecule has 0 radical (unpaired) electrons. The van der Waals surface area contributed by atoms with Gasteiger partial charge in [0.1, 0.15) is 6.33 Å². The zero-order valence-electron chi connectivity index (χ0n) is 7.03. The van der Waals surface area contributed by atoms with Crippen molar-refractivity contribution >= 4 is 6.41 Å². The molecule has 0 spiro atoms. The molecule has 0 fully saturated rings. The fraction of sp³-hybridized carbons (Fsp3) is 0.571. The molecule has 0 aromatic carbocycles. The van der Waals surface area contributed by atoms with Crippen LogP contribution < -0.4 is 5.43 Å². The Kier molecular flexibility index (Phi) is 3.25. The molecule has 1 heterocycles. The van der Waals surface area contributed by atoms with E-state index in [4.69, 9.17) is 0 Å². The van der Waals surface area contributed by atoms with Crippen molar-refractivity contribution in [1.82, 2.24) is 14.9 Å². The van der Waals surface area contributed by atoms with Gasteiger partial charge in [0, 0.05) is 6.42 Å². The summed E-state index contributed by atoms with van der Waals surface area (Å²) in [5.74, 6) is 0.770. The Morgan fingerprint density at radius 1 is 1.75 bits per heavy atom. The van der Waals surface area contributed by atoms with Crippen molar-refractivity contribution in [3.05, 3.63) is 12.2 Å². The van der Waals surface area contributed by atoms with E-state index in [1.165, 1.54) is 11.1 Å². The molecule has 66 valence electrons. The van der Waals surface area contributed by atoms with Crippen molar-refractivity contribution in [3.63, 3.8) is 0 Å². The Morgan fingerprint density at radius 3 is 3.25 bits per heavy atom. The number of carbonyl (C=O) groups excluding carboxylic acids is 1. The van der Waals surface area contributed by atoms with Gasteiger partial charge in [-0.25, -0.2) is 10.4 Å². The molecule has 5 heteroatoms. The molecule has 5 nitrogen and oxygen atoms in total. The van der Waals surface area contributed by atoms with Gasteiger partial charge in [-0.15, -0.1) is 5.10 Å². The Morgan fingerprint density at radius 2 is 2.58 bits per heavy atom. The summed E-state index contributed by atoms with van der Waals surface area (Å²) in [5, 5.41) is 4.00. The number of hydrogen-bond donors (Lipinski definition) is 1. The minimum absolute atomic E-state index is 0.568. The predicted octanol–water partition coefficient (Wildman–Crippen LogP) is 0.321. The summed E-state index contributed by atoms with van der Waals surface area (Å²) in [6, 6.07) is 0. The lowest BCUT2D eigenvalue weighted by atomic mass is 10.2. The maximum absolute atomic E-state index is 10.00. The van der Waals surface area contributed by atoms with Crippen LogP contribution >= 0.6 is 0 Å². The maximum atomic E-state index is 10.00. The lowest BCUT2D eigenvalue weighted by molar-refractivity contribution is -0.106. The van der Waals surface area contributed by atoms with Crippen molar-refractivity contribution < 1.29 is 4.79 Å². The topological polar surface area (TPSA) is 59.8 Å². The summed E-state index contributed by atoms with van der Waals surface area (Å²) >= 11 is 0. The number of nitrogens with one attached hydrogen (secondary N) is 1. The summed E-state index contributed by atoms with van der Waals surface area (Å²) in [4.78, 5) is 15.3.